The summed E-state index contributed by atoms with van der Waals surface area (Å²) in [6, 6.07) is 6.20. The minimum atomic E-state index is -0.575. The van der Waals surface area contributed by atoms with Gasteiger partial charge in [0.25, 0.3) is 0 Å². The monoisotopic (exact) mass is 441 g/mol. The van der Waals surface area contributed by atoms with E-state index in [-0.39, 0.29) is 6.09 Å². The summed E-state index contributed by atoms with van der Waals surface area (Å²) in [7, 11) is 5.20. The van der Waals surface area contributed by atoms with Crippen molar-refractivity contribution in [3.8, 4) is 17.0 Å². The fraction of sp³-hybridized carbons (Fsp3) is 0.583. The summed E-state index contributed by atoms with van der Waals surface area (Å²) < 4.78 is 25.3. The first-order valence-corrected chi connectivity index (χ1v) is 11.3. The Kier molecular flexibility index (Phi) is 5.37. The zero-order chi connectivity index (χ0) is 22.5. The third-order valence-electron chi connectivity index (χ3n) is 6.87. The van der Waals surface area contributed by atoms with Gasteiger partial charge >= 0.3 is 6.09 Å². The second-order valence-electron chi connectivity index (χ2n) is 9.13. The predicted molar refractivity (Wildman–Crippen MR) is 117 cm³/mol. The summed E-state index contributed by atoms with van der Waals surface area (Å²) >= 11 is 0. The van der Waals surface area contributed by atoms with Crippen LogP contribution in [0.5, 0.6) is 5.75 Å². The Morgan fingerprint density at radius 2 is 1.97 bits per heavy atom. The van der Waals surface area contributed by atoms with Crippen LogP contribution in [-0.4, -0.2) is 54.5 Å². The molecule has 0 N–H and O–H groups in total. The number of hydrogen-bond donors (Lipinski definition) is 0. The van der Waals surface area contributed by atoms with Crippen molar-refractivity contribution < 1.29 is 23.7 Å². The van der Waals surface area contributed by atoms with Gasteiger partial charge < -0.3 is 28.4 Å². The molecular weight excluding hydrogens is 410 g/mol. The van der Waals surface area contributed by atoms with E-state index in [0.29, 0.717) is 44.3 Å². The fourth-order valence-corrected chi connectivity index (χ4v) is 4.87. The lowest BCUT2D eigenvalue weighted by molar-refractivity contribution is -0.113. The molecular formula is C24H31N3O5. The SMILES string of the molecule is COC(OC)c1nc2c(n1C)C1(CCN(C(=O)OCC3CC3)CC1)Oc1cc(C)ccc1-2. The molecule has 1 spiro atoms. The number of imidazole rings is 1. The van der Waals surface area contributed by atoms with Gasteiger partial charge in [0.15, 0.2) is 11.4 Å². The van der Waals surface area contributed by atoms with Gasteiger partial charge in [0.2, 0.25) is 6.29 Å². The molecule has 5 rings (SSSR count). The molecule has 1 saturated carbocycles. The number of likely N-dealkylation sites (tertiary alicyclic amines) is 1. The van der Waals surface area contributed by atoms with E-state index < -0.39 is 11.9 Å². The largest absolute Gasteiger partial charge is 0.480 e. The highest BCUT2D eigenvalue weighted by Crippen LogP contribution is 2.50. The third kappa shape index (κ3) is 3.55. The molecule has 172 valence electrons. The molecule has 2 fully saturated rings. The molecule has 2 aromatic rings. The van der Waals surface area contributed by atoms with Crippen LogP contribution in [-0.2, 0) is 26.9 Å². The van der Waals surface area contributed by atoms with E-state index in [4.69, 9.17) is 23.9 Å². The number of amides is 1. The van der Waals surface area contributed by atoms with Crippen molar-refractivity contribution in [3.63, 3.8) is 0 Å². The zero-order valence-electron chi connectivity index (χ0n) is 19.2. The van der Waals surface area contributed by atoms with Crippen LogP contribution in [0.1, 0.15) is 49.1 Å². The number of aromatic nitrogens is 2. The summed E-state index contributed by atoms with van der Waals surface area (Å²) in [6.45, 7) is 3.74. The smallest absolute Gasteiger partial charge is 0.409 e. The van der Waals surface area contributed by atoms with Crippen LogP contribution in [0.3, 0.4) is 0 Å². The summed E-state index contributed by atoms with van der Waals surface area (Å²) in [5.41, 5.74) is 3.43. The van der Waals surface area contributed by atoms with Gasteiger partial charge in [0, 0.05) is 52.8 Å². The van der Waals surface area contributed by atoms with E-state index in [0.717, 1.165) is 28.3 Å². The molecule has 0 unspecified atom stereocenters. The molecule has 8 heteroatoms. The van der Waals surface area contributed by atoms with Crippen molar-refractivity contribution in [2.75, 3.05) is 33.9 Å². The molecule has 3 aliphatic rings. The molecule has 32 heavy (non-hydrogen) atoms. The van der Waals surface area contributed by atoms with E-state index in [1.165, 1.54) is 12.8 Å². The van der Waals surface area contributed by atoms with Gasteiger partial charge in [-0.05, 0) is 43.4 Å². The maximum atomic E-state index is 12.5. The second-order valence-corrected chi connectivity index (χ2v) is 9.13. The molecule has 0 radical (unpaired) electrons. The number of carbonyl (C=O) groups excluding carboxylic acids is 1. The highest BCUT2D eigenvalue weighted by molar-refractivity contribution is 5.74. The number of methoxy groups -OCH3 is 2. The fourth-order valence-electron chi connectivity index (χ4n) is 4.87. The van der Waals surface area contributed by atoms with Crippen LogP contribution in [0.4, 0.5) is 4.79 Å². The Morgan fingerprint density at radius 3 is 2.62 bits per heavy atom. The van der Waals surface area contributed by atoms with Crippen molar-refractivity contribution in [1.29, 1.82) is 0 Å². The first-order chi connectivity index (χ1) is 15.5. The Morgan fingerprint density at radius 1 is 1.25 bits per heavy atom. The topological polar surface area (TPSA) is 75.1 Å². The molecule has 1 amide bonds. The number of hydrogen-bond acceptors (Lipinski definition) is 6. The zero-order valence-corrected chi connectivity index (χ0v) is 19.2. The predicted octanol–water partition coefficient (Wildman–Crippen LogP) is 3.92. The number of rotatable bonds is 5. The van der Waals surface area contributed by atoms with Crippen LogP contribution in [0.2, 0.25) is 0 Å². The summed E-state index contributed by atoms with van der Waals surface area (Å²) in [5.74, 6) is 2.09. The van der Waals surface area contributed by atoms with Crippen LogP contribution >= 0.6 is 0 Å². The van der Waals surface area contributed by atoms with Crippen LogP contribution in [0.15, 0.2) is 18.2 Å². The van der Waals surface area contributed by atoms with Crippen LogP contribution in [0.25, 0.3) is 11.3 Å². The van der Waals surface area contributed by atoms with Crippen LogP contribution in [0, 0.1) is 12.8 Å². The maximum Gasteiger partial charge on any atom is 0.409 e. The van der Waals surface area contributed by atoms with Gasteiger partial charge in [-0.3, -0.25) is 0 Å². The van der Waals surface area contributed by atoms with Gasteiger partial charge in [0.1, 0.15) is 5.75 Å². The third-order valence-corrected chi connectivity index (χ3v) is 6.87. The van der Waals surface area contributed by atoms with E-state index in [2.05, 4.69) is 25.1 Å². The first kappa shape index (κ1) is 21.3. The molecule has 1 aromatic heterocycles. The number of ether oxygens (including phenoxy) is 4. The quantitative estimate of drug-likeness (QED) is 0.655. The van der Waals surface area contributed by atoms with Crippen molar-refractivity contribution in [3.05, 3.63) is 35.3 Å². The molecule has 1 aromatic carbocycles. The molecule has 1 saturated heterocycles. The summed E-state index contributed by atoms with van der Waals surface area (Å²) in [5, 5.41) is 0. The number of fused-ring (bicyclic) bond motifs is 4. The van der Waals surface area contributed by atoms with Crippen molar-refractivity contribution >= 4 is 6.09 Å². The molecule has 0 bridgehead atoms. The normalized spacial score (nSPS) is 19.0. The van der Waals surface area contributed by atoms with Crippen LogP contribution < -0.4 is 4.74 Å². The van der Waals surface area contributed by atoms with Gasteiger partial charge in [-0.2, -0.15) is 0 Å². The minimum Gasteiger partial charge on any atom is -0.480 e. The number of piperidine rings is 1. The minimum absolute atomic E-state index is 0.219. The van der Waals surface area contributed by atoms with Gasteiger partial charge in [-0.25, -0.2) is 9.78 Å². The summed E-state index contributed by atoms with van der Waals surface area (Å²) in [4.78, 5) is 19.3. The number of aryl methyl sites for hydroxylation is 1. The van der Waals surface area contributed by atoms with Crippen molar-refractivity contribution in [2.24, 2.45) is 13.0 Å². The highest BCUT2D eigenvalue weighted by Gasteiger charge is 2.48. The Balaban J connectivity index is 1.48. The molecule has 8 nitrogen and oxygen atoms in total. The lowest BCUT2D eigenvalue weighted by Gasteiger charge is -2.44. The Bertz CT molecular complexity index is 1020. The summed E-state index contributed by atoms with van der Waals surface area (Å²) in [6.07, 6.45) is 2.86. The van der Waals surface area contributed by atoms with Crippen molar-refractivity contribution in [1.82, 2.24) is 14.5 Å². The van der Waals surface area contributed by atoms with Gasteiger partial charge in [-0.1, -0.05) is 6.07 Å². The number of benzene rings is 1. The highest BCUT2D eigenvalue weighted by atomic mass is 16.7. The molecule has 0 atom stereocenters. The first-order valence-electron chi connectivity index (χ1n) is 11.3. The van der Waals surface area contributed by atoms with E-state index in [1.54, 1.807) is 19.1 Å². The molecule has 3 heterocycles. The van der Waals surface area contributed by atoms with Gasteiger partial charge in [0.05, 0.1) is 18.0 Å². The maximum absolute atomic E-state index is 12.5. The number of nitrogens with zero attached hydrogens (tertiary/aromatic N) is 3. The van der Waals surface area contributed by atoms with E-state index in [9.17, 15) is 4.79 Å². The lowest BCUT2D eigenvalue weighted by atomic mass is 9.83. The van der Waals surface area contributed by atoms with Gasteiger partial charge in [-0.15, -0.1) is 0 Å². The second kappa shape index (κ2) is 8.08. The molecule has 1 aliphatic carbocycles. The standard InChI is InChI=1S/C24H31N3O5/c1-15-5-8-17-18(13-15)32-24(20-19(17)25-21(26(20)2)22(29-3)30-4)9-11-27(12-10-24)23(28)31-14-16-6-7-16/h5,8,13,16,22H,6-7,9-12,14H2,1-4H3. The Hall–Kier alpha value is -2.58. The van der Waals surface area contributed by atoms with E-state index in [1.807, 2.05) is 11.6 Å². The molecule has 2 aliphatic heterocycles. The number of carbonyl (C=O) groups is 1. The average molecular weight is 442 g/mol. The van der Waals surface area contributed by atoms with E-state index >= 15 is 0 Å². The average Bonchev–Trinajstić information content (AvgIpc) is 3.55. The van der Waals surface area contributed by atoms with Crippen molar-refractivity contribution in [2.45, 2.75) is 44.5 Å². The Labute approximate surface area is 188 Å². The lowest BCUT2D eigenvalue weighted by Crippen LogP contribution is -2.50.